The van der Waals surface area contributed by atoms with Gasteiger partial charge in [-0.05, 0) is 30.7 Å². The second-order valence-corrected chi connectivity index (χ2v) is 5.91. The van der Waals surface area contributed by atoms with Crippen LogP contribution in [0.1, 0.15) is 24.5 Å². The van der Waals surface area contributed by atoms with Crippen LogP contribution < -0.4 is 0 Å². The molecule has 0 aliphatic carbocycles. The number of carbonyl (C=O) groups excluding carboxylic acids is 1. The Kier molecular flexibility index (Phi) is 4.99. The maximum absolute atomic E-state index is 11.5. The number of nitrogens with zero attached hydrogens (tertiary/aromatic N) is 1. The highest BCUT2D eigenvalue weighted by atomic mass is 35.5. The van der Waals surface area contributed by atoms with E-state index in [4.69, 9.17) is 23.2 Å². The first-order valence-corrected chi connectivity index (χ1v) is 7.22. The molecule has 1 N–H and O–H groups in total. The summed E-state index contributed by atoms with van der Waals surface area (Å²) in [6, 6.07) is 8.56. The fourth-order valence-electron chi connectivity index (χ4n) is 2.30. The molecule has 0 aliphatic rings. The minimum atomic E-state index is -1.34. The van der Waals surface area contributed by atoms with Crippen LogP contribution in [0.2, 0.25) is 10.0 Å². The fourth-order valence-corrected chi connectivity index (χ4v) is 2.77. The molecular formula is C16H15Cl2NO2. The maximum Gasteiger partial charge on any atom is 0.133 e. The molecule has 0 spiro atoms. The van der Waals surface area contributed by atoms with Gasteiger partial charge in [0.1, 0.15) is 11.4 Å². The van der Waals surface area contributed by atoms with Crippen LogP contribution in [0.4, 0.5) is 0 Å². The molecular weight excluding hydrogens is 309 g/mol. The van der Waals surface area contributed by atoms with Crippen molar-refractivity contribution in [1.29, 1.82) is 0 Å². The van der Waals surface area contributed by atoms with Gasteiger partial charge in [0, 0.05) is 40.8 Å². The van der Waals surface area contributed by atoms with Crippen LogP contribution >= 0.6 is 23.2 Å². The molecule has 0 aliphatic heterocycles. The maximum atomic E-state index is 11.5. The zero-order valence-corrected chi connectivity index (χ0v) is 13.0. The van der Waals surface area contributed by atoms with Crippen molar-refractivity contribution in [2.45, 2.75) is 25.4 Å². The van der Waals surface area contributed by atoms with Gasteiger partial charge in [-0.3, -0.25) is 9.78 Å². The summed E-state index contributed by atoms with van der Waals surface area (Å²) < 4.78 is 0. The van der Waals surface area contributed by atoms with Crippen LogP contribution in [0.25, 0.3) is 0 Å². The van der Waals surface area contributed by atoms with E-state index in [1.54, 1.807) is 42.7 Å². The van der Waals surface area contributed by atoms with Crippen molar-refractivity contribution >= 4 is 29.0 Å². The minimum absolute atomic E-state index is 0.00233. The van der Waals surface area contributed by atoms with E-state index in [1.807, 2.05) is 0 Å². The third-order valence-corrected chi connectivity index (χ3v) is 3.83. The molecule has 1 heterocycles. The van der Waals surface area contributed by atoms with Crippen LogP contribution in [0.5, 0.6) is 0 Å². The van der Waals surface area contributed by atoms with Gasteiger partial charge in [0.2, 0.25) is 0 Å². The highest BCUT2D eigenvalue weighted by Gasteiger charge is 2.32. The number of benzene rings is 1. The molecule has 110 valence electrons. The number of halogens is 2. The van der Waals surface area contributed by atoms with Crippen LogP contribution in [0.3, 0.4) is 0 Å². The summed E-state index contributed by atoms with van der Waals surface area (Å²) in [6.07, 6.45) is 3.39. The molecule has 0 radical (unpaired) electrons. The Balaban J connectivity index is 2.39. The van der Waals surface area contributed by atoms with Gasteiger partial charge >= 0.3 is 0 Å². The topological polar surface area (TPSA) is 50.2 Å². The molecule has 1 aromatic carbocycles. The first-order valence-electron chi connectivity index (χ1n) is 6.47. The Morgan fingerprint density at radius 2 is 2.10 bits per heavy atom. The number of pyridine rings is 1. The van der Waals surface area contributed by atoms with Crippen molar-refractivity contribution in [2.24, 2.45) is 0 Å². The summed E-state index contributed by atoms with van der Waals surface area (Å²) in [4.78, 5) is 15.5. The molecule has 0 saturated heterocycles. The van der Waals surface area contributed by atoms with Crippen molar-refractivity contribution in [3.63, 3.8) is 0 Å². The predicted molar refractivity (Wildman–Crippen MR) is 83.6 cm³/mol. The summed E-state index contributed by atoms with van der Waals surface area (Å²) >= 11 is 12.0. The Hall–Kier alpha value is -1.42. The number of aliphatic hydroxyl groups is 1. The van der Waals surface area contributed by atoms with Gasteiger partial charge in [-0.15, -0.1) is 0 Å². The summed E-state index contributed by atoms with van der Waals surface area (Å²) in [5.74, 6) is -0.105. The summed E-state index contributed by atoms with van der Waals surface area (Å²) in [5, 5.41) is 11.9. The van der Waals surface area contributed by atoms with Gasteiger partial charge in [-0.1, -0.05) is 35.3 Å². The molecule has 2 rings (SSSR count). The monoisotopic (exact) mass is 323 g/mol. The van der Waals surface area contributed by atoms with E-state index in [1.165, 1.54) is 6.92 Å². The van der Waals surface area contributed by atoms with Crippen LogP contribution in [0.15, 0.2) is 42.7 Å². The molecule has 1 unspecified atom stereocenters. The van der Waals surface area contributed by atoms with E-state index in [-0.39, 0.29) is 18.6 Å². The van der Waals surface area contributed by atoms with Crippen molar-refractivity contribution in [3.8, 4) is 0 Å². The first kappa shape index (κ1) is 16.0. The molecule has 1 aromatic heterocycles. The van der Waals surface area contributed by atoms with Crippen molar-refractivity contribution in [1.82, 2.24) is 4.98 Å². The van der Waals surface area contributed by atoms with E-state index in [0.717, 1.165) is 5.56 Å². The molecule has 0 bridgehead atoms. The molecule has 0 amide bonds. The number of hydrogen-bond acceptors (Lipinski definition) is 3. The summed E-state index contributed by atoms with van der Waals surface area (Å²) in [5.41, 5.74) is -0.0164. The molecule has 0 saturated carbocycles. The Labute approximate surface area is 133 Å². The zero-order chi connectivity index (χ0) is 15.5. The molecule has 1 atom stereocenters. The molecule has 21 heavy (non-hydrogen) atoms. The second kappa shape index (κ2) is 6.56. The first-order chi connectivity index (χ1) is 9.90. The fraction of sp³-hybridized carbons (Fsp3) is 0.250. The molecule has 0 fully saturated rings. The van der Waals surface area contributed by atoms with Gasteiger partial charge in [0.15, 0.2) is 0 Å². The molecule has 2 aromatic rings. The van der Waals surface area contributed by atoms with Crippen LogP contribution in [0, 0.1) is 0 Å². The van der Waals surface area contributed by atoms with Gasteiger partial charge in [-0.2, -0.15) is 0 Å². The van der Waals surface area contributed by atoms with Crippen molar-refractivity contribution < 1.29 is 9.90 Å². The van der Waals surface area contributed by atoms with E-state index in [2.05, 4.69) is 4.98 Å². The smallest absolute Gasteiger partial charge is 0.133 e. The van der Waals surface area contributed by atoms with Gasteiger partial charge in [-0.25, -0.2) is 0 Å². The molecule has 3 nitrogen and oxygen atoms in total. The highest BCUT2D eigenvalue weighted by molar-refractivity contribution is 6.35. The number of aromatic nitrogens is 1. The minimum Gasteiger partial charge on any atom is -0.384 e. The lowest BCUT2D eigenvalue weighted by atomic mass is 9.84. The third kappa shape index (κ3) is 4.03. The Bertz CT molecular complexity index is 646. The number of rotatable bonds is 5. The number of Topliss-reactive ketones (excluding diaryl/α,β-unsaturated/α-hetero) is 1. The normalized spacial score (nSPS) is 13.7. The zero-order valence-electron chi connectivity index (χ0n) is 11.5. The third-order valence-electron chi connectivity index (χ3n) is 3.24. The Morgan fingerprint density at radius 1 is 1.33 bits per heavy atom. The van der Waals surface area contributed by atoms with E-state index in [0.29, 0.717) is 15.6 Å². The standard InChI is InChI=1S/C16H15Cl2NO2/c1-11(20)8-16(21,13-3-2-6-19-10-13)9-12-4-5-14(17)7-15(12)18/h2-7,10,21H,8-9H2,1H3. The van der Waals surface area contributed by atoms with Crippen LogP contribution in [-0.2, 0) is 16.8 Å². The summed E-state index contributed by atoms with van der Waals surface area (Å²) in [6.45, 7) is 1.45. The SMILES string of the molecule is CC(=O)CC(O)(Cc1ccc(Cl)cc1Cl)c1cccnc1. The molecule has 5 heteroatoms. The average molecular weight is 324 g/mol. The largest absolute Gasteiger partial charge is 0.384 e. The van der Waals surface area contributed by atoms with E-state index < -0.39 is 5.60 Å². The lowest BCUT2D eigenvalue weighted by molar-refractivity contribution is -0.122. The van der Waals surface area contributed by atoms with E-state index in [9.17, 15) is 9.90 Å². The number of ketones is 1. The van der Waals surface area contributed by atoms with Crippen molar-refractivity contribution in [2.75, 3.05) is 0 Å². The number of carbonyl (C=O) groups is 1. The quantitative estimate of drug-likeness (QED) is 0.910. The van der Waals surface area contributed by atoms with E-state index >= 15 is 0 Å². The van der Waals surface area contributed by atoms with Gasteiger partial charge in [0.05, 0.1) is 0 Å². The summed E-state index contributed by atoms with van der Waals surface area (Å²) in [7, 11) is 0. The second-order valence-electron chi connectivity index (χ2n) is 5.06. The van der Waals surface area contributed by atoms with Crippen molar-refractivity contribution in [3.05, 3.63) is 63.9 Å². The van der Waals surface area contributed by atoms with Crippen LogP contribution in [-0.4, -0.2) is 15.9 Å². The number of hydrogen-bond donors (Lipinski definition) is 1. The highest BCUT2D eigenvalue weighted by Crippen LogP contribution is 2.32. The Morgan fingerprint density at radius 3 is 2.67 bits per heavy atom. The average Bonchev–Trinajstić information content (AvgIpc) is 2.42. The lowest BCUT2D eigenvalue weighted by Crippen LogP contribution is -2.31. The lowest BCUT2D eigenvalue weighted by Gasteiger charge is -2.28. The van der Waals surface area contributed by atoms with Gasteiger partial charge in [0.25, 0.3) is 0 Å². The predicted octanol–water partition coefficient (Wildman–Crippen LogP) is 3.80. The van der Waals surface area contributed by atoms with Gasteiger partial charge < -0.3 is 5.11 Å².